The van der Waals surface area contributed by atoms with Crippen molar-refractivity contribution in [2.75, 3.05) is 26.2 Å². The number of likely N-dealkylation sites (tertiary alicyclic amines) is 1. The van der Waals surface area contributed by atoms with Crippen molar-refractivity contribution in [2.45, 2.75) is 52.3 Å². The monoisotopic (exact) mass is 290 g/mol. The van der Waals surface area contributed by atoms with E-state index in [2.05, 4.69) is 48.3 Å². The average molecular weight is 290 g/mol. The Kier molecular flexibility index (Phi) is 7.20. The Morgan fingerprint density at radius 1 is 1.19 bits per heavy atom. The van der Waals surface area contributed by atoms with Gasteiger partial charge in [0, 0.05) is 26.2 Å². The van der Waals surface area contributed by atoms with Crippen LogP contribution in [0.4, 0.5) is 0 Å². The maximum Gasteiger partial charge on any atom is 0.0702 e. The van der Waals surface area contributed by atoms with Crippen molar-refractivity contribution < 1.29 is 4.74 Å². The molecule has 0 saturated carbocycles. The summed E-state index contributed by atoms with van der Waals surface area (Å²) in [7, 11) is 0. The molecule has 1 fully saturated rings. The minimum Gasteiger partial charge on any atom is -0.377 e. The van der Waals surface area contributed by atoms with Crippen LogP contribution in [0.5, 0.6) is 0 Å². The number of nitrogens with zero attached hydrogens (tertiary/aromatic N) is 1. The lowest BCUT2D eigenvalue weighted by atomic mass is 10.1. The van der Waals surface area contributed by atoms with Crippen molar-refractivity contribution >= 4 is 0 Å². The van der Waals surface area contributed by atoms with Crippen LogP contribution in [0.1, 0.15) is 44.2 Å². The van der Waals surface area contributed by atoms with Crippen molar-refractivity contribution in [3.05, 3.63) is 35.4 Å². The van der Waals surface area contributed by atoms with Gasteiger partial charge in [-0.25, -0.2) is 0 Å². The summed E-state index contributed by atoms with van der Waals surface area (Å²) >= 11 is 0. The Morgan fingerprint density at radius 3 is 2.67 bits per heavy atom. The van der Waals surface area contributed by atoms with Gasteiger partial charge in [0.15, 0.2) is 0 Å². The highest BCUT2D eigenvalue weighted by Crippen LogP contribution is 2.16. The van der Waals surface area contributed by atoms with E-state index in [1.54, 1.807) is 0 Å². The summed E-state index contributed by atoms with van der Waals surface area (Å²) in [6.07, 6.45) is 4.03. The zero-order valence-corrected chi connectivity index (χ0v) is 13.6. The van der Waals surface area contributed by atoms with Gasteiger partial charge < -0.3 is 10.1 Å². The van der Waals surface area contributed by atoms with Gasteiger partial charge >= 0.3 is 0 Å². The molecule has 0 aliphatic carbocycles. The van der Waals surface area contributed by atoms with Crippen molar-refractivity contribution in [2.24, 2.45) is 0 Å². The number of benzene rings is 1. The first-order valence-electron chi connectivity index (χ1n) is 8.44. The maximum atomic E-state index is 5.91. The topological polar surface area (TPSA) is 24.5 Å². The molecular formula is C18H30N2O. The van der Waals surface area contributed by atoms with Gasteiger partial charge in [0.2, 0.25) is 0 Å². The molecule has 1 aliphatic rings. The second-order valence-corrected chi connectivity index (χ2v) is 5.97. The van der Waals surface area contributed by atoms with Gasteiger partial charge in [0.1, 0.15) is 0 Å². The first-order chi connectivity index (χ1) is 10.3. The second-order valence-electron chi connectivity index (χ2n) is 5.97. The summed E-state index contributed by atoms with van der Waals surface area (Å²) in [5.74, 6) is 0. The molecule has 1 heterocycles. The third kappa shape index (κ3) is 5.77. The Balaban J connectivity index is 1.80. The lowest BCUT2D eigenvalue weighted by Gasteiger charge is -2.32. The number of hydrogen-bond acceptors (Lipinski definition) is 3. The van der Waals surface area contributed by atoms with E-state index in [1.165, 1.54) is 30.5 Å². The SMILES string of the molecule is CCCOC1CCCN(Cc2ccc(CNCC)cc2)C1. The van der Waals surface area contributed by atoms with Crippen LogP contribution in [-0.2, 0) is 17.8 Å². The molecule has 3 heteroatoms. The summed E-state index contributed by atoms with van der Waals surface area (Å²) in [5, 5.41) is 3.36. The van der Waals surface area contributed by atoms with E-state index < -0.39 is 0 Å². The van der Waals surface area contributed by atoms with Gasteiger partial charge in [-0.2, -0.15) is 0 Å². The molecule has 1 saturated heterocycles. The molecular weight excluding hydrogens is 260 g/mol. The third-order valence-corrected chi connectivity index (χ3v) is 4.03. The van der Waals surface area contributed by atoms with Gasteiger partial charge in [-0.05, 0) is 43.5 Å². The summed E-state index contributed by atoms with van der Waals surface area (Å²) in [6.45, 7) is 10.5. The van der Waals surface area contributed by atoms with Crippen LogP contribution in [0.2, 0.25) is 0 Å². The lowest BCUT2D eigenvalue weighted by Crippen LogP contribution is -2.39. The Hall–Kier alpha value is -0.900. The zero-order chi connectivity index (χ0) is 14.9. The van der Waals surface area contributed by atoms with E-state index in [4.69, 9.17) is 4.74 Å². The van der Waals surface area contributed by atoms with Crippen molar-refractivity contribution in [3.63, 3.8) is 0 Å². The first-order valence-corrected chi connectivity index (χ1v) is 8.44. The normalized spacial score (nSPS) is 19.8. The maximum absolute atomic E-state index is 5.91. The van der Waals surface area contributed by atoms with Gasteiger partial charge in [-0.15, -0.1) is 0 Å². The number of piperidine rings is 1. The van der Waals surface area contributed by atoms with Crippen LogP contribution in [0.15, 0.2) is 24.3 Å². The first kappa shape index (κ1) is 16.5. The molecule has 2 rings (SSSR count). The van der Waals surface area contributed by atoms with Crippen LogP contribution < -0.4 is 5.32 Å². The van der Waals surface area contributed by atoms with Crippen LogP contribution in [0.25, 0.3) is 0 Å². The van der Waals surface area contributed by atoms with Crippen molar-refractivity contribution in [1.29, 1.82) is 0 Å². The summed E-state index contributed by atoms with van der Waals surface area (Å²) in [4.78, 5) is 2.53. The minimum atomic E-state index is 0.437. The van der Waals surface area contributed by atoms with E-state index in [0.717, 1.165) is 39.2 Å². The van der Waals surface area contributed by atoms with E-state index in [9.17, 15) is 0 Å². The van der Waals surface area contributed by atoms with Gasteiger partial charge in [-0.3, -0.25) is 4.90 Å². The van der Waals surface area contributed by atoms with Crippen LogP contribution in [-0.4, -0.2) is 37.2 Å². The quantitative estimate of drug-likeness (QED) is 0.796. The Labute approximate surface area is 129 Å². The molecule has 1 atom stereocenters. The molecule has 0 radical (unpaired) electrons. The summed E-state index contributed by atoms with van der Waals surface area (Å²) in [6, 6.07) is 9.02. The Bertz CT molecular complexity index is 391. The predicted molar refractivity (Wildman–Crippen MR) is 88.4 cm³/mol. The van der Waals surface area contributed by atoms with Crippen LogP contribution in [0.3, 0.4) is 0 Å². The molecule has 0 aromatic heterocycles. The van der Waals surface area contributed by atoms with E-state index in [0.29, 0.717) is 6.10 Å². The van der Waals surface area contributed by atoms with E-state index in [-0.39, 0.29) is 0 Å². The van der Waals surface area contributed by atoms with Crippen LogP contribution >= 0.6 is 0 Å². The highest BCUT2D eigenvalue weighted by molar-refractivity contribution is 5.22. The van der Waals surface area contributed by atoms with Gasteiger partial charge in [0.05, 0.1) is 6.10 Å². The van der Waals surface area contributed by atoms with Crippen molar-refractivity contribution in [3.8, 4) is 0 Å². The molecule has 1 unspecified atom stereocenters. The highest BCUT2D eigenvalue weighted by atomic mass is 16.5. The predicted octanol–water partition coefficient (Wildman–Crippen LogP) is 3.19. The molecule has 1 N–H and O–H groups in total. The summed E-state index contributed by atoms with van der Waals surface area (Å²) in [5.41, 5.74) is 2.77. The Morgan fingerprint density at radius 2 is 1.95 bits per heavy atom. The van der Waals surface area contributed by atoms with Crippen LogP contribution in [0, 0.1) is 0 Å². The fourth-order valence-electron chi connectivity index (χ4n) is 2.87. The fourth-order valence-corrected chi connectivity index (χ4v) is 2.87. The molecule has 21 heavy (non-hydrogen) atoms. The van der Waals surface area contributed by atoms with Crippen molar-refractivity contribution in [1.82, 2.24) is 10.2 Å². The molecule has 1 aromatic rings. The third-order valence-electron chi connectivity index (χ3n) is 4.03. The zero-order valence-electron chi connectivity index (χ0n) is 13.6. The standard InChI is InChI=1S/C18H30N2O/c1-3-12-21-18-6-5-11-20(15-18)14-17-9-7-16(8-10-17)13-19-4-2/h7-10,18-19H,3-6,11-15H2,1-2H3. The average Bonchev–Trinajstić information content (AvgIpc) is 2.53. The molecule has 1 aromatic carbocycles. The molecule has 3 nitrogen and oxygen atoms in total. The largest absolute Gasteiger partial charge is 0.377 e. The molecule has 0 amide bonds. The minimum absolute atomic E-state index is 0.437. The van der Waals surface area contributed by atoms with E-state index in [1.807, 2.05) is 0 Å². The molecule has 0 spiro atoms. The number of nitrogens with one attached hydrogen (secondary N) is 1. The smallest absolute Gasteiger partial charge is 0.0702 e. The van der Waals surface area contributed by atoms with Gasteiger partial charge in [0.25, 0.3) is 0 Å². The van der Waals surface area contributed by atoms with E-state index >= 15 is 0 Å². The molecule has 0 bridgehead atoms. The van der Waals surface area contributed by atoms with Gasteiger partial charge in [-0.1, -0.05) is 38.1 Å². The second kappa shape index (κ2) is 9.19. The number of hydrogen-bond donors (Lipinski definition) is 1. The fraction of sp³-hybridized carbons (Fsp3) is 0.667. The highest BCUT2D eigenvalue weighted by Gasteiger charge is 2.20. The molecule has 1 aliphatic heterocycles. The molecule has 118 valence electrons. The number of rotatable bonds is 8. The number of ether oxygens (including phenoxy) is 1. The summed E-state index contributed by atoms with van der Waals surface area (Å²) < 4.78 is 5.91. The lowest BCUT2D eigenvalue weighted by molar-refractivity contribution is -0.00222.